The maximum Gasteiger partial charge on any atom is 0.263 e. The molecule has 0 radical (unpaired) electrons. The molecule has 5 N–H and O–H groups in total. The third-order valence-corrected chi connectivity index (χ3v) is 4.15. The van der Waals surface area contributed by atoms with Gasteiger partial charge in [-0.05, 0) is 38.1 Å². The van der Waals surface area contributed by atoms with Crippen LogP contribution >= 0.6 is 0 Å². The maximum atomic E-state index is 12.2. The molecule has 0 saturated heterocycles. The molecule has 1 aromatic heterocycles. The van der Waals surface area contributed by atoms with Gasteiger partial charge in [0, 0.05) is 5.56 Å². The lowest BCUT2D eigenvalue weighted by molar-refractivity contribution is 0.399. The molecule has 0 spiro atoms. The van der Waals surface area contributed by atoms with Crippen molar-refractivity contribution < 1.29 is 12.9 Å². The zero-order valence-electron chi connectivity index (χ0n) is 11.5. The number of aromatic nitrogens is 1. The summed E-state index contributed by atoms with van der Waals surface area (Å²) in [4.78, 5) is 3.88. The van der Waals surface area contributed by atoms with Crippen molar-refractivity contribution in [2.24, 2.45) is 16.5 Å². The van der Waals surface area contributed by atoms with E-state index in [1.54, 1.807) is 13.8 Å². The van der Waals surface area contributed by atoms with E-state index in [0.29, 0.717) is 17.0 Å². The molecule has 21 heavy (non-hydrogen) atoms. The SMILES string of the molecule is Cc1onc(NS(=O)(=O)c2ccc(N=C(N)N)cc2)c1C. The van der Waals surface area contributed by atoms with E-state index in [1.807, 2.05) is 0 Å². The van der Waals surface area contributed by atoms with Crippen LogP contribution in [0.5, 0.6) is 0 Å². The number of hydrogen-bond donors (Lipinski definition) is 3. The quantitative estimate of drug-likeness (QED) is 0.569. The van der Waals surface area contributed by atoms with Crippen molar-refractivity contribution in [3.63, 3.8) is 0 Å². The molecule has 0 atom stereocenters. The minimum Gasteiger partial charge on any atom is -0.370 e. The molecule has 112 valence electrons. The molecule has 0 aliphatic carbocycles. The van der Waals surface area contributed by atoms with Gasteiger partial charge in [-0.25, -0.2) is 13.4 Å². The van der Waals surface area contributed by atoms with Gasteiger partial charge in [0.1, 0.15) is 5.76 Å². The van der Waals surface area contributed by atoms with Crippen LogP contribution < -0.4 is 16.2 Å². The molecule has 1 aromatic carbocycles. The van der Waals surface area contributed by atoms with Crippen LogP contribution in [0.4, 0.5) is 11.5 Å². The van der Waals surface area contributed by atoms with Crippen molar-refractivity contribution in [3.05, 3.63) is 35.6 Å². The Hall–Kier alpha value is -2.55. The van der Waals surface area contributed by atoms with Crippen LogP contribution in [0.25, 0.3) is 0 Å². The fraction of sp³-hybridized carbons (Fsp3) is 0.167. The predicted molar refractivity (Wildman–Crippen MR) is 78.7 cm³/mol. The number of aliphatic imine (C=N–C) groups is 1. The van der Waals surface area contributed by atoms with Gasteiger partial charge in [-0.15, -0.1) is 0 Å². The molecule has 0 bridgehead atoms. The summed E-state index contributed by atoms with van der Waals surface area (Å²) in [7, 11) is -3.75. The maximum absolute atomic E-state index is 12.2. The number of sulfonamides is 1. The standard InChI is InChI=1S/C12H15N5O3S/c1-7-8(2)20-16-11(7)17-21(18,19)10-5-3-9(4-6-10)15-12(13)14/h3-6H,1-2H3,(H,16,17)(H4,13,14,15). The van der Waals surface area contributed by atoms with Gasteiger partial charge in [0.25, 0.3) is 10.0 Å². The summed E-state index contributed by atoms with van der Waals surface area (Å²) < 4.78 is 31.7. The molecule has 2 aromatic rings. The van der Waals surface area contributed by atoms with Gasteiger partial charge in [0.2, 0.25) is 0 Å². The van der Waals surface area contributed by atoms with Gasteiger partial charge in [-0.2, -0.15) is 0 Å². The molecule has 2 rings (SSSR count). The zero-order chi connectivity index (χ0) is 15.6. The normalized spacial score (nSPS) is 11.1. The van der Waals surface area contributed by atoms with Crippen LogP contribution in [-0.2, 0) is 10.0 Å². The lowest BCUT2D eigenvalue weighted by atomic mass is 10.3. The number of nitrogens with one attached hydrogen (secondary N) is 1. The van der Waals surface area contributed by atoms with Gasteiger partial charge in [-0.3, -0.25) is 4.72 Å². The van der Waals surface area contributed by atoms with Crippen LogP contribution in [0, 0.1) is 13.8 Å². The molecule has 0 amide bonds. The lowest BCUT2D eigenvalue weighted by Crippen LogP contribution is -2.21. The lowest BCUT2D eigenvalue weighted by Gasteiger charge is -2.06. The molecule has 0 aliphatic rings. The first-order valence-corrected chi connectivity index (χ1v) is 7.43. The van der Waals surface area contributed by atoms with E-state index < -0.39 is 10.0 Å². The van der Waals surface area contributed by atoms with E-state index in [2.05, 4.69) is 14.9 Å². The first-order chi connectivity index (χ1) is 9.79. The Kier molecular flexibility index (Phi) is 3.85. The van der Waals surface area contributed by atoms with Gasteiger partial charge in [0.05, 0.1) is 10.6 Å². The van der Waals surface area contributed by atoms with Crippen molar-refractivity contribution in [2.75, 3.05) is 4.72 Å². The third-order valence-electron chi connectivity index (χ3n) is 2.79. The fourth-order valence-corrected chi connectivity index (χ4v) is 2.61. The topological polar surface area (TPSA) is 137 Å². The second-order valence-corrected chi connectivity index (χ2v) is 6.03. The van der Waals surface area contributed by atoms with Gasteiger partial charge in [0.15, 0.2) is 11.8 Å². The van der Waals surface area contributed by atoms with Crippen molar-refractivity contribution in [1.29, 1.82) is 0 Å². The first kappa shape index (κ1) is 14.9. The highest BCUT2D eigenvalue weighted by molar-refractivity contribution is 7.92. The van der Waals surface area contributed by atoms with E-state index in [-0.39, 0.29) is 16.7 Å². The summed E-state index contributed by atoms with van der Waals surface area (Å²) in [6.45, 7) is 3.41. The second-order valence-electron chi connectivity index (χ2n) is 4.35. The molecule has 0 aliphatic heterocycles. The van der Waals surface area contributed by atoms with Crippen LogP contribution in [0.1, 0.15) is 11.3 Å². The van der Waals surface area contributed by atoms with Crippen LogP contribution in [0.15, 0.2) is 38.7 Å². The monoisotopic (exact) mass is 309 g/mol. The van der Waals surface area contributed by atoms with E-state index in [4.69, 9.17) is 16.0 Å². The highest BCUT2D eigenvalue weighted by Gasteiger charge is 2.18. The highest BCUT2D eigenvalue weighted by atomic mass is 32.2. The van der Waals surface area contributed by atoms with E-state index in [1.165, 1.54) is 24.3 Å². The Morgan fingerprint density at radius 1 is 1.24 bits per heavy atom. The molecule has 0 unspecified atom stereocenters. The molecule has 0 saturated carbocycles. The average molecular weight is 309 g/mol. The number of rotatable bonds is 4. The summed E-state index contributed by atoms with van der Waals surface area (Å²) in [6, 6.07) is 5.78. The minimum atomic E-state index is -3.75. The minimum absolute atomic E-state index is 0.0668. The summed E-state index contributed by atoms with van der Waals surface area (Å²) in [5.41, 5.74) is 11.6. The Bertz CT molecular complexity index is 774. The van der Waals surface area contributed by atoms with Crippen molar-refractivity contribution in [3.8, 4) is 0 Å². The molecule has 0 fully saturated rings. The highest BCUT2D eigenvalue weighted by Crippen LogP contribution is 2.22. The Balaban J connectivity index is 2.27. The summed E-state index contributed by atoms with van der Waals surface area (Å²) >= 11 is 0. The number of guanidine groups is 1. The Morgan fingerprint density at radius 2 is 1.86 bits per heavy atom. The van der Waals surface area contributed by atoms with E-state index in [0.717, 1.165) is 0 Å². The first-order valence-electron chi connectivity index (χ1n) is 5.95. The Morgan fingerprint density at radius 3 is 2.33 bits per heavy atom. The summed E-state index contributed by atoms with van der Waals surface area (Å²) in [5.74, 6) is 0.619. The predicted octanol–water partition coefficient (Wildman–Crippen LogP) is 0.997. The van der Waals surface area contributed by atoms with E-state index >= 15 is 0 Å². The summed E-state index contributed by atoms with van der Waals surface area (Å²) in [6.07, 6.45) is 0. The number of hydrogen-bond acceptors (Lipinski definition) is 5. The average Bonchev–Trinajstić information content (AvgIpc) is 2.70. The number of anilines is 1. The summed E-state index contributed by atoms with van der Waals surface area (Å²) in [5, 5.41) is 3.66. The van der Waals surface area contributed by atoms with Crippen molar-refractivity contribution in [2.45, 2.75) is 18.7 Å². The third kappa shape index (κ3) is 3.31. The number of nitrogens with zero attached hydrogens (tertiary/aromatic N) is 2. The molecule has 1 heterocycles. The van der Waals surface area contributed by atoms with Gasteiger partial charge >= 0.3 is 0 Å². The van der Waals surface area contributed by atoms with Crippen LogP contribution in [0.3, 0.4) is 0 Å². The largest absolute Gasteiger partial charge is 0.370 e. The zero-order valence-corrected chi connectivity index (χ0v) is 12.3. The fourth-order valence-electron chi connectivity index (χ4n) is 1.55. The van der Waals surface area contributed by atoms with Crippen molar-refractivity contribution in [1.82, 2.24) is 5.16 Å². The van der Waals surface area contributed by atoms with Crippen molar-refractivity contribution >= 4 is 27.5 Å². The molecule has 9 heteroatoms. The second kappa shape index (κ2) is 5.44. The van der Waals surface area contributed by atoms with Gasteiger partial charge in [-0.1, -0.05) is 5.16 Å². The van der Waals surface area contributed by atoms with E-state index in [9.17, 15) is 8.42 Å². The number of benzene rings is 1. The molecule has 8 nitrogen and oxygen atoms in total. The number of nitrogens with two attached hydrogens (primary N) is 2. The smallest absolute Gasteiger partial charge is 0.263 e. The van der Waals surface area contributed by atoms with Gasteiger partial charge < -0.3 is 16.0 Å². The van der Waals surface area contributed by atoms with Crippen LogP contribution in [0.2, 0.25) is 0 Å². The molecular weight excluding hydrogens is 294 g/mol. The molecular formula is C12H15N5O3S. The van der Waals surface area contributed by atoms with Crippen LogP contribution in [-0.4, -0.2) is 19.5 Å². The number of aryl methyl sites for hydroxylation is 1. The Labute approximate surface area is 121 Å².